The molecule has 0 rings (SSSR count). The Morgan fingerprint density at radius 2 is 2.08 bits per heavy atom. The zero-order valence-corrected chi connectivity index (χ0v) is 10.7. The van der Waals surface area contributed by atoms with E-state index in [4.69, 9.17) is 5.11 Å². The fourth-order valence-corrected chi connectivity index (χ4v) is 0.940. The standard InChI is InChI=1S/C4H9NO5S.K/c1-3(6)5-4(7)2-11(8,9)10;/h4,7H,2H2,1H3,(H,5,6)(H,8,9,10);/q;+1/p-1. The molecule has 1 unspecified atom stereocenters. The van der Waals surface area contributed by atoms with Gasteiger partial charge < -0.3 is 15.0 Å². The molecule has 2 N–H and O–H groups in total. The SMILES string of the molecule is CC(=O)NC(O)CS(=O)(=O)[O-].[K+]. The second-order valence-electron chi connectivity index (χ2n) is 1.94. The summed E-state index contributed by atoms with van der Waals surface area (Å²) in [6.45, 7) is 1.10. The van der Waals surface area contributed by atoms with E-state index in [1.54, 1.807) is 0 Å². The van der Waals surface area contributed by atoms with Crippen LogP contribution in [0.2, 0.25) is 0 Å². The van der Waals surface area contributed by atoms with Gasteiger partial charge >= 0.3 is 51.4 Å². The maximum atomic E-state index is 10.2. The van der Waals surface area contributed by atoms with Crippen molar-refractivity contribution in [2.45, 2.75) is 13.2 Å². The number of carbonyl (C=O) groups is 1. The Labute approximate surface area is 113 Å². The van der Waals surface area contributed by atoms with E-state index in [2.05, 4.69) is 0 Å². The molecule has 0 aromatic carbocycles. The van der Waals surface area contributed by atoms with E-state index in [0.29, 0.717) is 0 Å². The molecule has 0 radical (unpaired) electrons. The largest absolute Gasteiger partial charge is 1.00 e. The molecular weight excluding hydrogens is 213 g/mol. The van der Waals surface area contributed by atoms with Crippen molar-refractivity contribution in [1.29, 1.82) is 0 Å². The smallest absolute Gasteiger partial charge is 0.748 e. The fraction of sp³-hybridized carbons (Fsp3) is 0.750. The second kappa shape index (κ2) is 6.43. The molecule has 66 valence electrons. The van der Waals surface area contributed by atoms with Gasteiger partial charge in [0.05, 0.1) is 15.9 Å². The van der Waals surface area contributed by atoms with Gasteiger partial charge in [0.15, 0.2) is 0 Å². The van der Waals surface area contributed by atoms with E-state index in [0.717, 1.165) is 6.92 Å². The number of carbonyl (C=O) groups excluding carboxylic acids is 1. The van der Waals surface area contributed by atoms with Crippen LogP contribution in [0.3, 0.4) is 0 Å². The molecule has 0 aliphatic heterocycles. The minimum Gasteiger partial charge on any atom is -0.748 e. The fourth-order valence-electron chi connectivity index (χ4n) is 0.470. The third-order valence-electron chi connectivity index (χ3n) is 0.732. The number of hydrogen-bond donors (Lipinski definition) is 2. The monoisotopic (exact) mass is 221 g/mol. The Kier molecular flexibility index (Phi) is 8.28. The summed E-state index contributed by atoms with van der Waals surface area (Å²) in [5, 5.41) is 10.5. The predicted octanol–water partition coefficient (Wildman–Crippen LogP) is -5.01. The van der Waals surface area contributed by atoms with Crippen LogP contribution in [-0.2, 0) is 14.9 Å². The molecule has 0 aromatic rings. The third kappa shape index (κ3) is 11.0. The average Bonchev–Trinajstić information content (AvgIpc) is 1.53. The minimum atomic E-state index is -4.48. The molecule has 0 saturated carbocycles. The van der Waals surface area contributed by atoms with Crippen LogP contribution in [0.25, 0.3) is 0 Å². The molecule has 0 spiro atoms. The number of amides is 1. The van der Waals surface area contributed by atoms with E-state index in [1.165, 1.54) is 0 Å². The summed E-state index contributed by atoms with van der Waals surface area (Å²) in [5.74, 6) is -1.60. The maximum absolute atomic E-state index is 10.2. The summed E-state index contributed by atoms with van der Waals surface area (Å²) in [5.41, 5.74) is 0. The van der Waals surface area contributed by atoms with Crippen molar-refractivity contribution in [2.24, 2.45) is 0 Å². The van der Waals surface area contributed by atoms with Crippen LogP contribution < -0.4 is 56.7 Å². The van der Waals surface area contributed by atoms with Crippen LogP contribution in [0.4, 0.5) is 0 Å². The quantitative estimate of drug-likeness (QED) is 0.282. The first kappa shape index (κ1) is 15.4. The summed E-state index contributed by atoms with van der Waals surface area (Å²) < 4.78 is 29.9. The summed E-state index contributed by atoms with van der Waals surface area (Å²) in [6.07, 6.45) is -1.62. The van der Waals surface area contributed by atoms with Gasteiger partial charge in [0.2, 0.25) is 5.91 Å². The Hall–Kier alpha value is 0.976. The molecule has 1 amide bonds. The van der Waals surface area contributed by atoms with E-state index in [-0.39, 0.29) is 51.4 Å². The molecule has 6 nitrogen and oxygen atoms in total. The Morgan fingerprint density at radius 3 is 2.33 bits per heavy atom. The molecule has 0 aromatic heterocycles. The summed E-state index contributed by atoms with van der Waals surface area (Å²) >= 11 is 0. The van der Waals surface area contributed by atoms with E-state index < -0.39 is 28.0 Å². The Bertz CT molecular complexity index is 238. The van der Waals surface area contributed by atoms with Gasteiger partial charge in [-0.1, -0.05) is 0 Å². The van der Waals surface area contributed by atoms with Crippen molar-refractivity contribution < 1.29 is 74.3 Å². The van der Waals surface area contributed by atoms with E-state index in [9.17, 15) is 17.8 Å². The van der Waals surface area contributed by atoms with Gasteiger partial charge in [-0.3, -0.25) is 4.79 Å². The zero-order chi connectivity index (χ0) is 9.07. The molecule has 0 aliphatic carbocycles. The van der Waals surface area contributed by atoms with Crippen molar-refractivity contribution >= 4 is 16.0 Å². The van der Waals surface area contributed by atoms with E-state index >= 15 is 0 Å². The van der Waals surface area contributed by atoms with E-state index in [1.807, 2.05) is 5.32 Å². The molecule has 12 heavy (non-hydrogen) atoms. The molecule has 0 heterocycles. The number of aliphatic hydroxyl groups is 1. The normalized spacial score (nSPS) is 12.9. The van der Waals surface area contributed by atoms with Crippen LogP contribution in [0.5, 0.6) is 0 Å². The van der Waals surface area contributed by atoms with Crippen LogP contribution in [0.15, 0.2) is 0 Å². The van der Waals surface area contributed by atoms with Gasteiger partial charge in [-0.15, -0.1) is 0 Å². The molecule has 0 fully saturated rings. The number of nitrogens with one attached hydrogen (secondary N) is 1. The second-order valence-corrected chi connectivity index (χ2v) is 3.39. The molecule has 1 atom stereocenters. The molecule has 0 bridgehead atoms. The average molecular weight is 221 g/mol. The van der Waals surface area contributed by atoms with Crippen molar-refractivity contribution in [3.05, 3.63) is 0 Å². The van der Waals surface area contributed by atoms with Gasteiger partial charge in [0.25, 0.3) is 0 Å². The van der Waals surface area contributed by atoms with Crippen molar-refractivity contribution in [3.8, 4) is 0 Å². The van der Waals surface area contributed by atoms with Gasteiger partial charge in [0, 0.05) is 6.92 Å². The topological polar surface area (TPSA) is 107 Å². The van der Waals surface area contributed by atoms with Crippen molar-refractivity contribution in [1.82, 2.24) is 5.32 Å². The Balaban J connectivity index is 0. The molecule has 0 aliphatic rings. The third-order valence-corrected chi connectivity index (χ3v) is 1.46. The van der Waals surface area contributed by atoms with Crippen molar-refractivity contribution in [2.75, 3.05) is 5.75 Å². The van der Waals surface area contributed by atoms with Gasteiger partial charge in [-0.25, -0.2) is 8.42 Å². The summed E-state index contributed by atoms with van der Waals surface area (Å²) in [7, 11) is -4.48. The van der Waals surface area contributed by atoms with Gasteiger partial charge in [-0.05, 0) is 0 Å². The number of rotatable bonds is 3. The minimum absolute atomic E-state index is 0. The molecule has 8 heteroatoms. The van der Waals surface area contributed by atoms with Gasteiger partial charge in [-0.2, -0.15) is 0 Å². The predicted molar refractivity (Wildman–Crippen MR) is 34.4 cm³/mol. The van der Waals surface area contributed by atoms with Crippen LogP contribution >= 0.6 is 0 Å². The molecule has 0 saturated heterocycles. The van der Waals surface area contributed by atoms with Crippen LogP contribution in [-0.4, -0.2) is 36.0 Å². The van der Waals surface area contributed by atoms with Crippen molar-refractivity contribution in [3.63, 3.8) is 0 Å². The Morgan fingerprint density at radius 1 is 1.67 bits per heavy atom. The first-order chi connectivity index (χ1) is 4.81. The first-order valence-corrected chi connectivity index (χ1v) is 4.28. The van der Waals surface area contributed by atoms with Gasteiger partial charge in [0.1, 0.15) is 6.23 Å². The zero-order valence-electron chi connectivity index (χ0n) is 6.77. The summed E-state index contributed by atoms with van der Waals surface area (Å²) in [6, 6.07) is 0. The van der Waals surface area contributed by atoms with Crippen LogP contribution in [0.1, 0.15) is 6.92 Å². The number of aliphatic hydroxyl groups excluding tert-OH is 1. The first-order valence-electron chi connectivity index (χ1n) is 2.70. The summed E-state index contributed by atoms with van der Waals surface area (Å²) in [4.78, 5) is 10.2. The maximum Gasteiger partial charge on any atom is 1.00 e. The molecular formula is C4H8KNO5S. The van der Waals surface area contributed by atoms with Crippen LogP contribution in [0, 0.1) is 0 Å². The number of hydrogen-bond acceptors (Lipinski definition) is 5.